The van der Waals surface area contributed by atoms with Crippen LogP contribution in [0.5, 0.6) is 0 Å². The summed E-state index contributed by atoms with van der Waals surface area (Å²) in [6, 6.07) is 9.78. The van der Waals surface area contributed by atoms with E-state index < -0.39 is 0 Å². The zero-order valence-electron chi connectivity index (χ0n) is 10.5. The van der Waals surface area contributed by atoms with Crippen molar-refractivity contribution in [1.82, 2.24) is 9.97 Å². The molecule has 2 rings (SSSR count). The van der Waals surface area contributed by atoms with Crippen molar-refractivity contribution in [3.8, 4) is 0 Å². The number of hydrogen-bond donors (Lipinski definition) is 2. The molecular formula is C13H15BrN4O. The van der Waals surface area contributed by atoms with E-state index in [0.717, 1.165) is 16.0 Å². The first-order valence-electron chi connectivity index (χ1n) is 5.87. The van der Waals surface area contributed by atoms with E-state index in [2.05, 4.69) is 31.2 Å². The van der Waals surface area contributed by atoms with Crippen LogP contribution in [-0.2, 0) is 0 Å². The Morgan fingerprint density at radius 3 is 2.84 bits per heavy atom. The highest BCUT2D eigenvalue weighted by Gasteiger charge is 2.09. The van der Waals surface area contributed by atoms with Crippen LogP contribution in [0.3, 0.4) is 0 Å². The van der Waals surface area contributed by atoms with Crippen molar-refractivity contribution < 1.29 is 5.11 Å². The van der Waals surface area contributed by atoms with Crippen LogP contribution in [0.4, 0.5) is 17.3 Å². The first-order chi connectivity index (χ1) is 9.22. The van der Waals surface area contributed by atoms with E-state index in [1.54, 1.807) is 0 Å². The van der Waals surface area contributed by atoms with Gasteiger partial charge in [-0.3, -0.25) is 0 Å². The van der Waals surface area contributed by atoms with Crippen molar-refractivity contribution in [1.29, 1.82) is 0 Å². The molecule has 1 aromatic heterocycles. The van der Waals surface area contributed by atoms with Crippen LogP contribution in [0.15, 0.2) is 41.1 Å². The number of halogens is 1. The highest BCUT2D eigenvalue weighted by Crippen LogP contribution is 2.29. The third-order valence-electron chi connectivity index (χ3n) is 2.63. The van der Waals surface area contributed by atoms with Crippen LogP contribution in [0.25, 0.3) is 0 Å². The summed E-state index contributed by atoms with van der Waals surface area (Å²) >= 11 is 3.52. The largest absolute Gasteiger partial charge is 0.395 e. The van der Waals surface area contributed by atoms with Gasteiger partial charge in [0.25, 0.3) is 0 Å². The smallest absolute Gasteiger partial charge is 0.138 e. The molecule has 0 amide bonds. The Bertz CT molecular complexity index is 550. The molecule has 0 unspecified atom stereocenters. The van der Waals surface area contributed by atoms with Gasteiger partial charge in [0.2, 0.25) is 0 Å². The molecule has 0 aliphatic rings. The summed E-state index contributed by atoms with van der Waals surface area (Å²) in [5, 5.41) is 11.8. The molecule has 1 heterocycles. The second kappa shape index (κ2) is 6.49. The fraction of sp³-hybridized carbons (Fsp3) is 0.231. The molecule has 0 radical (unpaired) electrons. The molecule has 2 N–H and O–H groups in total. The molecule has 0 atom stereocenters. The molecule has 6 heteroatoms. The van der Waals surface area contributed by atoms with E-state index >= 15 is 0 Å². The van der Waals surface area contributed by atoms with E-state index in [4.69, 9.17) is 5.11 Å². The molecule has 100 valence electrons. The van der Waals surface area contributed by atoms with E-state index in [-0.39, 0.29) is 6.61 Å². The summed E-state index contributed by atoms with van der Waals surface area (Å²) in [5.41, 5.74) is 1.02. The zero-order valence-corrected chi connectivity index (χ0v) is 12.1. The number of para-hydroxylation sites is 1. The summed E-state index contributed by atoms with van der Waals surface area (Å²) in [6.45, 7) is 0.536. The van der Waals surface area contributed by atoms with Crippen LogP contribution in [0.1, 0.15) is 0 Å². The number of aliphatic hydroxyl groups is 1. The number of aliphatic hydroxyl groups excluding tert-OH is 1. The summed E-state index contributed by atoms with van der Waals surface area (Å²) in [6.07, 6.45) is 1.50. The van der Waals surface area contributed by atoms with Gasteiger partial charge in [-0.05, 0) is 28.1 Å². The molecular weight excluding hydrogens is 308 g/mol. The van der Waals surface area contributed by atoms with E-state index in [0.29, 0.717) is 12.4 Å². The second-order valence-corrected chi connectivity index (χ2v) is 4.78. The molecule has 19 heavy (non-hydrogen) atoms. The Morgan fingerprint density at radius 1 is 1.32 bits per heavy atom. The average Bonchev–Trinajstić information content (AvgIpc) is 2.45. The molecule has 0 aliphatic heterocycles. The normalized spacial score (nSPS) is 10.3. The molecule has 0 aliphatic carbocycles. The lowest BCUT2D eigenvalue weighted by Crippen LogP contribution is -2.13. The average molecular weight is 323 g/mol. The SMILES string of the molecule is CN(c1cc(NCCO)ncn1)c1ccccc1Br. The minimum absolute atomic E-state index is 0.0689. The van der Waals surface area contributed by atoms with E-state index in [1.165, 1.54) is 6.33 Å². The van der Waals surface area contributed by atoms with Gasteiger partial charge in [0, 0.05) is 24.1 Å². The summed E-state index contributed by atoms with van der Waals surface area (Å²) < 4.78 is 1.00. The molecule has 0 fully saturated rings. The predicted octanol–water partition coefficient (Wildman–Crippen LogP) is 2.41. The standard InChI is InChI=1S/C13H15BrN4O/c1-18(11-5-3-2-4-10(11)14)13-8-12(15-6-7-19)16-9-17-13/h2-5,8-9,19H,6-7H2,1H3,(H,15,16,17). The Balaban J connectivity index is 2.24. The minimum Gasteiger partial charge on any atom is -0.395 e. The summed E-state index contributed by atoms with van der Waals surface area (Å²) in [5.74, 6) is 1.47. The first kappa shape index (κ1) is 13.8. The third kappa shape index (κ3) is 3.42. The van der Waals surface area contributed by atoms with Crippen molar-refractivity contribution in [2.45, 2.75) is 0 Å². The lowest BCUT2D eigenvalue weighted by molar-refractivity contribution is 0.311. The highest BCUT2D eigenvalue weighted by atomic mass is 79.9. The van der Waals surface area contributed by atoms with E-state index in [9.17, 15) is 0 Å². The maximum atomic E-state index is 8.80. The predicted molar refractivity (Wildman–Crippen MR) is 79.8 cm³/mol. The number of hydrogen-bond acceptors (Lipinski definition) is 5. The maximum absolute atomic E-state index is 8.80. The highest BCUT2D eigenvalue weighted by molar-refractivity contribution is 9.10. The van der Waals surface area contributed by atoms with Crippen LogP contribution in [0, 0.1) is 0 Å². The minimum atomic E-state index is 0.0689. The lowest BCUT2D eigenvalue weighted by Gasteiger charge is -2.20. The molecule has 0 spiro atoms. The zero-order chi connectivity index (χ0) is 13.7. The van der Waals surface area contributed by atoms with Gasteiger partial charge in [0.15, 0.2) is 0 Å². The van der Waals surface area contributed by atoms with Crippen LogP contribution < -0.4 is 10.2 Å². The van der Waals surface area contributed by atoms with Crippen LogP contribution in [-0.4, -0.2) is 35.3 Å². The van der Waals surface area contributed by atoms with Crippen molar-refractivity contribution in [3.05, 3.63) is 41.1 Å². The second-order valence-electron chi connectivity index (χ2n) is 3.92. The Kier molecular flexibility index (Phi) is 4.70. The molecule has 0 saturated heterocycles. The van der Waals surface area contributed by atoms with Crippen molar-refractivity contribution in [3.63, 3.8) is 0 Å². The maximum Gasteiger partial charge on any atom is 0.138 e. The topological polar surface area (TPSA) is 61.3 Å². The quantitative estimate of drug-likeness (QED) is 0.885. The van der Waals surface area contributed by atoms with E-state index in [1.807, 2.05) is 42.3 Å². The number of rotatable bonds is 5. The number of anilines is 3. The van der Waals surface area contributed by atoms with Crippen molar-refractivity contribution in [2.75, 3.05) is 30.4 Å². The Labute approximate surface area is 120 Å². The Morgan fingerprint density at radius 2 is 2.11 bits per heavy atom. The van der Waals surface area contributed by atoms with Gasteiger partial charge in [-0.15, -0.1) is 0 Å². The lowest BCUT2D eigenvalue weighted by atomic mass is 10.3. The summed E-state index contributed by atoms with van der Waals surface area (Å²) in [4.78, 5) is 10.3. The first-order valence-corrected chi connectivity index (χ1v) is 6.66. The van der Waals surface area contributed by atoms with Crippen molar-refractivity contribution >= 4 is 33.3 Å². The van der Waals surface area contributed by atoms with Gasteiger partial charge in [-0.2, -0.15) is 0 Å². The number of aromatic nitrogens is 2. The van der Waals surface area contributed by atoms with Crippen molar-refractivity contribution in [2.24, 2.45) is 0 Å². The fourth-order valence-electron chi connectivity index (χ4n) is 1.66. The molecule has 0 saturated carbocycles. The Hall–Kier alpha value is -1.66. The van der Waals surface area contributed by atoms with Gasteiger partial charge in [0.1, 0.15) is 18.0 Å². The summed E-state index contributed by atoms with van der Waals surface area (Å²) in [7, 11) is 1.94. The number of nitrogens with zero attached hydrogens (tertiary/aromatic N) is 3. The number of benzene rings is 1. The number of nitrogens with one attached hydrogen (secondary N) is 1. The monoisotopic (exact) mass is 322 g/mol. The molecule has 2 aromatic rings. The van der Waals surface area contributed by atoms with Crippen LogP contribution in [0.2, 0.25) is 0 Å². The van der Waals surface area contributed by atoms with Crippen LogP contribution >= 0.6 is 15.9 Å². The third-order valence-corrected chi connectivity index (χ3v) is 3.30. The molecule has 1 aromatic carbocycles. The van der Waals surface area contributed by atoms with Gasteiger partial charge in [0.05, 0.1) is 12.3 Å². The fourth-order valence-corrected chi connectivity index (χ4v) is 2.21. The van der Waals surface area contributed by atoms with Gasteiger partial charge in [-0.25, -0.2) is 9.97 Å². The van der Waals surface area contributed by atoms with Gasteiger partial charge >= 0.3 is 0 Å². The van der Waals surface area contributed by atoms with Gasteiger partial charge < -0.3 is 15.3 Å². The molecule has 0 bridgehead atoms. The van der Waals surface area contributed by atoms with Gasteiger partial charge in [-0.1, -0.05) is 12.1 Å². The molecule has 5 nitrogen and oxygen atoms in total.